The predicted octanol–water partition coefficient (Wildman–Crippen LogP) is 14.0. The summed E-state index contributed by atoms with van der Waals surface area (Å²) < 4.78 is 4.91. The van der Waals surface area contributed by atoms with E-state index in [1.54, 1.807) is 32.1 Å². The van der Waals surface area contributed by atoms with Crippen LogP contribution in [0, 0.1) is 52.0 Å². The fourth-order valence-electron chi connectivity index (χ4n) is 4.17. The van der Waals surface area contributed by atoms with Crippen molar-refractivity contribution in [1.82, 2.24) is 0 Å². The van der Waals surface area contributed by atoms with Crippen LogP contribution in [0.1, 0.15) is 137 Å². The van der Waals surface area contributed by atoms with Crippen LogP contribution in [0.15, 0.2) is 95.2 Å². The first-order valence-corrected chi connectivity index (χ1v) is 19.0. The minimum Gasteiger partial charge on any atom is -0.478 e. The molecule has 4 nitrogen and oxygen atoms in total. The van der Waals surface area contributed by atoms with E-state index in [0.717, 1.165) is 55.7 Å². The van der Waals surface area contributed by atoms with Gasteiger partial charge in [0.15, 0.2) is 0 Å². The van der Waals surface area contributed by atoms with Crippen molar-refractivity contribution in [3.8, 4) is 0 Å². The van der Waals surface area contributed by atoms with Crippen molar-refractivity contribution in [2.24, 2.45) is 0 Å². The third-order valence-electron chi connectivity index (χ3n) is 7.00. The number of carboxylic acids is 1. The van der Waals surface area contributed by atoms with Crippen molar-refractivity contribution in [2.45, 2.75) is 118 Å². The van der Waals surface area contributed by atoms with Gasteiger partial charge in [0, 0.05) is 120 Å². The molecule has 2 aromatic carbocycles. The van der Waals surface area contributed by atoms with Crippen LogP contribution in [-0.4, -0.2) is 23.7 Å². The van der Waals surface area contributed by atoms with Gasteiger partial charge in [-0.05, 0) is 59.6 Å². The van der Waals surface area contributed by atoms with Gasteiger partial charge >= 0.3 is 11.9 Å². The first-order chi connectivity index (χ1) is 25.7. The molecule has 1 N–H and O–H groups in total. The number of ether oxygens (including phenoxy) is 1. The van der Waals surface area contributed by atoms with Crippen molar-refractivity contribution >= 4 is 23.1 Å². The molecule has 0 atom stereocenters. The van der Waals surface area contributed by atoms with Gasteiger partial charge in [-0.15, -0.1) is 13.8 Å². The summed E-state index contributed by atoms with van der Waals surface area (Å²) >= 11 is 0. The number of hydrogen-bond donors (Lipinski definition) is 1. The molecule has 0 heterocycles. The number of carboxylic acid groups (broad SMARTS) is 1. The Morgan fingerprint density at radius 2 is 0.983 bits per heavy atom. The van der Waals surface area contributed by atoms with E-state index in [4.69, 9.17) is 9.84 Å². The molecule has 0 saturated carbocycles. The van der Waals surface area contributed by atoms with E-state index >= 15 is 0 Å². The van der Waals surface area contributed by atoms with Crippen LogP contribution in [0.5, 0.6) is 0 Å². The van der Waals surface area contributed by atoms with Gasteiger partial charge in [-0.25, -0.2) is 45.0 Å². The average molecular weight is 1280 g/mol. The SMILES string of the molecule is CC.CC.CC.CC.[CH2-]C=[C-]c1[c-]cc(C)c(\C(C)=C(C)/C=C/C(C)=C/C(=O)O)c1.[CH2-]C=[C-]c1[c-]cc(C)c(\C(C)=C(C)/C=C/C(C)=C/C(=O)OCC)c1.[W].[W].[Y].[Y]. The minimum atomic E-state index is -0.935. The summed E-state index contributed by atoms with van der Waals surface area (Å²) in [5.41, 5.74) is 12.4. The molecule has 8 heteroatoms. The van der Waals surface area contributed by atoms with Crippen molar-refractivity contribution in [1.29, 1.82) is 0 Å². The standard InChI is InChI=1S/C22H25O2.C20H21O2.4C2H6.2W.2Y/c1-7-9-20-13-12-18(5)21(15-20)19(6)17(4)11-10-16(3)14-22(23)24-8-2;1-6-7-18-11-10-16(4)19(13-18)17(5)15(3)9-8-14(2)12-20(21)22;4*1-2;;;;/h7,10-12,14-15H,1,8H2,2-6H3;6,8-10,12-13H,1H2,2-5H3,(H,21,22);4*1-2H3;;;;/q2*-3;;;;;;;;/b11-10+,16-14+,19-17-;9-8+,14-12+,17-15-;;;;;;;;. The second-order valence-corrected chi connectivity index (χ2v) is 10.7. The van der Waals surface area contributed by atoms with Gasteiger partial charge in [0.2, 0.25) is 0 Å². The van der Waals surface area contributed by atoms with E-state index in [-0.39, 0.29) is 114 Å². The normalized spacial score (nSPS) is 11.2. The zero-order valence-corrected chi connectivity index (χ0v) is 50.2. The molecule has 318 valence electrons. The van der Waals surface area contributed by atoms with Crippen LogP contribution in [0.3, 0.4) is 0 Å². The van der Waals surface area contributed by atoms with Crippen LogP contribution in [-0.2, 0) is 122 Å². The van der Waals surface area contributed by atoms with E-state index < -0.39 is 5.97 Å². The summed E-state index contributed by atoms with van der Waals surface area (Å²) in [6.07, 6.45) is 19.7. The van der Waals surface area contributed by atoms with E-state index in [1.807, 2.05) is 113 Å². The Hall–Kier alpha value is -1.38. The second kappa shape index (κ2) is 48.3. The van der Waals surface area contributed by atoms with Gasteiger partial charge in [-0.3, -0.25) is 35.4 Å². The van der Waals surface area contributed by atoms with Gasteiger partial charge in [0.1, 0.15) is 0 Å². The molecule has 2 radical (unpaired) electrons. The van der Waals surface area contributed by atoms with Gasteiger partial charge in [-0.2, -0.15) is 11.1 Å². The maximum absolute atomic E-state index is 11.4. The number of allylic oxidation sites excluding steroid dienone is 12. The third-order valence-corrected chi connectivity index (χ3v) is 7.00. The molecule has 0 aliphatic heterocycles. The first kappa shape index (κ1) is 74.1. The summed E-state index contributed by atoms with van der Waals surface area (Å²) in [5, 5.41) is 8.71. The van der Waals surface area contributed by atoms with Crippen LogP contribution in [0.4, 0.5) is 0 Å². The number of carbonyl (C=O) groups excluding carboxylic acids is 1. The summed E-state index contributed by atoms with van der Waals surface area (Å²) in [6, 6.07) is 14.3. The zero-order chi connectivity index (χ0) is 42.8. The molecule has 2 aromatic rings. The number of benzene rings is 2. The largest absolute Gasteiger partial charge is 0.478 e. The Bertz CT molecular complexity index is 1640. The van der Waals surface area contributed by atoms with E-state index in [0.29, 0.717) is 12.2 Å². The van der Waals surface area contributed by atoms with Crippen LogP contribution < -0.4 is 0 Å². The predicted molar refractivity (Wildman–Crippen MR) is 237 cm³/mol. The molecule has 0 unspecified atom stereocenters. The van der Waals surface area contributed by atoms with Crippen molar-refractivity contribution < 1.29 is 127 Å². The quantitative estimate of drug-likeness (QED) is 0.105. The molecule has 2 rings (SSSR count). The molecule has 0 aromatic heterocycles. The number of esters is 1. The Morgan fingerprint density at radius 1 is 0.655 bits per heavy atom. The summed E-state index contributed by atoms with van der Waals surface area (Å²) in [5.74, 6) is -1.25. The second-order valence-electron chi connectivity index (χ2n) is 10.7. The van der Waals surface area contributed by atoms with E-state index in [9.17, 15) is 9.59 Å². The summed E-state index contributed by atoms with van der Waals surface area (Å²) in [4.78, 5) is 22.0. The van der Waals surface area contributed by atoms with Gasteiger partial charge in [0.05, 0.1) is 6.61 Å². The van der Waals surface area contributed by atoms with Crippen molar-refractivity contribution in [3.63, 3.8) is 0 Å². The smallest absolute Gasteiger partial charge is 0.330 e. The molecule has 0 fully saturated rings. The van der Waals surface area contributed by atoms with Gasteiger partial charge in [0.25, 0.3) is 0 Å². The van der Waals surface area contributed by atoms with Gasteiger partial charge in [-0.1, -0.05) is 102 Å². The third kappa shape index (κ3) is 34.3. The molecule has 0 aliphatic rings. The summed E-state index contributed by atoms with van der Waals surface area (Å²) in [6.45, 7) is 41.5. The van der Waals surface area contributed by atoms with E-state index in [1.165, 1.54) is 17.7 Å². The Balaban J connectivity index is -0.000000116. The fourth-order valence-corrected chi connectivity index (χ4v) is 4.17. The topological polar surface area (TPSA) is 63.6 Å². The fraction of sp³-hybridized carbons (Fsp3) is 0.360. The molecule has 0 aliphatic carbocycles. The average Bonchev–Trinajstić information content (AvgIpc) is 3.17. The number of rotatable bonds is 11. The molecule has 0 amide bonds. The molecular formula is C50H70O4W2Y2-6. The Morgan fingerprint density at radius 3 is 1.28 bits per heavy atom. The Labute approximate surface area is 436 Å². The van der Waals surface area contributed by atoms with Crippen LogP contribution in [0.2, 0.25) is 0 Å². The summed E-state index contributed by atoms with van der Waals surface area (Å²) in [7, 11) is 0. The van der Waals surface area contributed by atoms with Crippen LogP contribution >= 0.6 is 0 Å². The number of hydrogen-bond acceptors (Lipinski definition) is 3. The molecule has 0 saturated heterocycles. The molecule has 0 spiro atoms. The first-order valence-electron chi connectivity index (χ1n) is 19.0. The molecule has 58 heavy (non-hydrogen) atoms. The Kier molecular flexibility index (Phi) is 61.7. The van der Waals surface area contributed by atoms with E-state index in [2.05, 4.69) is 71.9 Å². The van der Waals surface area contributed by atoms with Crippen molar-refractivity contribution in [3.05, 3.63) is 167 Å². The number of aliphatic carboxylic acids is 1. The number of carbonyl (C=O) groups is 2. The zero-order valence-electron chi connectivity index (χ0n) is 38.7. The molecule has 0 bridgehead atoms. The maximum atomic E-state index is 11.4. The molecular weight excluding hydrogens is 1210 g/mol. The van der Waals surface area contributed by atoms with Crippen molar-refractivity contribution in [2.75, 3.05) is 6.61 Å². The monoisotopic (exact) mass is 1280 g/mol. The maximum Gasteiger partial charge on any atom is 0.330 e. The van der Waals surface area contributed by atoms with Gasteiger partial charge < -0.3 is 35.8 Å². The number of aryl methyl sites for hydroxylation is 2. The van der Waals surface area contributed by atoms with Crippen LogP contribution in [0.25, 0.3) is 11.1 Å². The minimum absolute atomic E-state index is 0.